The Morgan fingerprint density at radius 3 is 2.59 bits per heavy atom. The molecule has 0 aromatic rings. The molecule has 0 heterocycles. The lowest BCUT2D eigenvalue weighted by molar-refractivity contribution is -0.138. The summed E-state index contributed by atoms with van der Waals surface area (Å²) in [6.45, 7) is 6.70. The summed E-state index contributed by atoms with van der Waals surface area (Å²) in [4.78, 5) is 13.1. The molecule has 1 atom stereocenters. The highest BCUT2D eigenvalue weighted by atomic mass is 16.5. The zero-order valence-corrected chi connectivity index (χ0v) is 10.6. The highest BCUT2D eigenvalue weighted by Gasteiger charge is 2.13. The summed E-state index contributed by atoms with van der Waals surface area (Å²) in [5.74, 6) is -0.626. The van der Waals surface area contributed by atoms with Gasteiger partial charge in [-0.25, -0.2) is 4.79 Å². The topological polar surface area (TPSA) is 73.6 Å². The molecule has 1 N–H and O–H groups in total. The van der Waals surface area contributed by atoms with Gasteiger partial charge in [-0.1, -0.05) is 6.92 Å². The van der Waals surface area contributed by atoms with Crippen LogP contribution in [-0.4, -0.2) is 41.8 Å². The third kappa shape index (κ3) is 5.93. The average molecular weight is 240 g/mol. The maximum atomic E-state index is 11.4. The van der Waals surface area contributed by atoms with Crippen LogP contribution in [0.25, 0.3) is 0 Å². The zero-order chi connectivity index (χ0) is 13.3. The molecule has 0 aliphatic rings. The summed E-state index contributed by atoms with van der Waals surface area (Å²) >= 11 is 0. The van der Waals surface area contributed by atoms with Gasteiger partial charge in [0.15, 0.2) is 5.57 Å². The minimum absolute atomic E-state index is 0.0444. The van der Waals surface area contributed by atoms with Crippen molar-refractivity contribution in [3.05, 3.63) is 11.8 Å². The zero-order valence-electron chi connectivity index (χ0n) is 10.6. The van der Waals surface area contributed by atoms with Gasteiger partial charge in [-0.15, -0.1) is 0 Å². The molecule has 96 valence electrons. The molecule has 0 amide bonds. The molecule has 0 saturated carbocycles. The van der Waals surface area contributed by atoms with E-state index in [0.29, 0.717) is 19.5 Å². The third-order valence-corrected chi connectivity index (χ3v) is 2.25. The summed E-state index contributed by atoms with van der Waals surface area (Å²) in [5, 5.41) is 18.4. The van der Waals surface area contributed by atoms with Gasteiger partial charge in [0, 0.05) is 19.3 Å². The van der Waals surface area contributed by atoms with E-state index in [0.717, 1.165) is 0 Å². The second kappa shape index (κ2) is 8.59. The molecule has 0 saturated heterocycles. The van der Waals surface area contributed by atoms with Crippen LogP contribution in [0.15, 0.2) is 11.8 Å². The van der Waals surface area contributed by atoms with E-state index in [9.17, 15) is 9.90 Å². The van der Waals surface area contributed by atoms with Crippen LogP contribution in [0.1, 0.15) is 27.2 Å². The molecule has 0 fully saturated rings. The van der Waals surface area contributed by atoms with Gasteiger partial charge in [-0.2, -0.15) is 5.26 Å². The van der Waals surface area contributed by atoms with E-state index in [1.807, 2.05) is 13.8 Å². The number of hydrogen-bond donors (Lipinski definition) is 1. The van der Waals surface area contributed by atoms with E-state index >= 15 is 0 Å². The number of nitrogens with zero attached hydrogens (tertiary/aromatic N) is 2. The Labute approximate surface area is 102 Å². The van der Waals surface area contributed by atoms with Crippen LogP contribution in [-0.2, 0) is 9.53 Å². The number of aliphatic hydroxyl groups excluding tert-OH is 1. The molecular formula is C12H20N2O3. The number of hydrogen-bond acceptors (Lipinski definition) is 5. The first-order chi connectivity index (χ1) is 8.08. The van der Waals surface area contributed by atoms with Gasteiger partial charge in [0.2, 0.25) is 0 Å². The van der Waals surface area contributed by atoms with Gasteiger partial charge < -0.3 is 14.7 Å². The summed E-state index contributed by atoms with van der Waals surface area (Å²) < 4.78 is 4.75. The van der Waals surface area contributed by atoms with Crippen molar-refractivity contribution in [2.24, 2.45) is 0 Å². The van der Waals surface area contributed by atoms with E-state index in [1.165, 1.54) is 6.20 Å². The van der Waals surface area contributed by atoms with Crippen LogP contribution >= 0.6 is 0 Å². The first-order valence-corrected chi connectivity index (χ1v) is 5.80. The van der Waals surface area contributed by atoms with Crippen molar-refractivity contribution in [1.29, 1.82) is 5.26 Å². The Bertz CT molecular complexity index is 307. The monoisotopic (exact) mass is 240 g/mol. The van der Waals surface area contributed by atoms with Crippen LogP contribution in [0.2, 0.25) is 0 Å². The van der Waals surface area contributed by atoms with Crippen molar-refractivity contribution >= 4 is 5.97 Å². The molecule has 0 aliphatic heterocycles. The van der Waals surface area contributed by atoms with E-state index in [2.05, 4.69) is 0 Å². The summed E-state index contributed by atoms with van der Waals surface area (Å²) in [6, 6.07) is 1.81. The van der Waals surface area contributed by atoms with E-state index < -0.39 is 12.1 Å². The van der Waals surface area contributed by atoms with Crippen LogP contribution in [0.3, 0.4) is 0 Å². The molecule has 0 unspecified atom stereocenters. The molecule has 0 bridgehead atoms. The van der Waals surface area contributed by atoms with Crippen molar-refractivity contribution in [3.63, 3.8) is 0 Å². The van der Waals surface area contributed by atoms with Crippen LogP contribution in [0.5, 0.6) is 0 Å². The lowest BCUT2D eigenvalue weighted by Crippen LogP contribution is -2.28. The minimum atomic E-state index is -0.626. The normalized spacial score (nSPS) is 12.8. The van der Waals surface area contributed by atoms with Crippen molar-refractivity contribution in [3.8, 4) is 6.07 Å². The molecule has 0 aromatic carbocycles. The van der Waals surface area contributed by atoms with Gasteiger partial charge in [0.05, 0.1) is 12.7 Å². The molecule has 0 aliphatic carbocycles. The van der Waals surface area contributed by atoms with Crippen molar-refractivity contribution in [2.45, 2.75) is 33.3 Å². The Morgan fingerprint density at radius 2 is 2.18 bits per heavy atom. The molecule has 0 spiro atoms. The van der Waals surface area contributed by atoms with Gasteiger partial charge >= 0.3 is 5.97 Å². The lowest BCUT2D eigenvalue weighted by Gasteiger charge is -2.21. The SMILES string of the molecule is CCOC(=O)/C(C#N)=C/N(CC)C[C@H](O)CC. The Morgan fingerprint density at radius 1 is 1.53 bits per heavy atom. The van der Waals surface area contributed by atoms with Crippen LogP contribution in [0.4, 0.5) is 0 Å². The van der Waals surface area contributed by atoms with Crippen molar-refractivity contribution < 1.29 is 14.6 Å². The summed E-state index contributed by atoms with van der Waals surface area (Å²) in [7, 11) is 0. The second-order valence-electron chi connectivity index (χ2n) is 3.52. The van der Waals surface area contributed by atoms with Crippen molar-refractivity contribution in [2.75, 3.05) is 19.7 Å². The first kappa shape index (κ1) is 15.5. The maximum Gasteiger partial charge on any atom is 0.350 e. The predicted octanol–water partition coefficient (Wildman–Crippen LogP) is 1.05. The highest BCUT2D eigenvalue weighted by molar-refractivity contribution is 5.92. The van der Waals surface area contributed by atoms with Gasteiger partial charge in [-0.05, 0) is 20.3 Å². The number of nitriles is 1. The number of aliphatic hydroxyl groups is 1. The van der Waals surface area contributed by atoms with Gasteiger partial charge in [0.25, 0.3) is 0 Å². The fraction of sp³-hybridized carbons (Fsp3) is 0.667. The minimum Gasteiger partial charge on any atom is -0.462 e. The Balaban J connectivity index is 4.67. The molecule has 0 rings (SSSR count). The highest BCUT2D eigenvalue weighted by Crippen LogP contribution is 2.03. The predicted molar refractivity (Wildman–Crippen MR) is 63.9 cm³/mol. The maximum absolute atomic E-state index is 11.4. The number of carbonyl (C=O) groups excluding carboxylic acids is 1. The van der Waals surface area contributed by atoms with Gasteiger partial charge in [-0.3, -0.25) is 0 Å². The van der Waals surface area contributed by atoms with E-state index in [-0.39, 0.29) is 12.2 Å². The quantitative estimate of drug-likeness (QED) is 0.409. The smallest absolute Gasteiger partial charge is 0.350 e. The number of esters is 1. The van der Waals surface area contributed by atoms with Crippen LogP contribution < -0.4 is 0 Å². The van der Waals surface area contributed by atoms with Crippen LogP contribution in [0, 0.1) is 11.3 Å². The lowest BCUT2D eigenvalue weighted by atomic mass is 10.2. The number of ether oxygens (including phenoxy) is 1. The summed E-state index contributed by atoms with van der Waals surface area (Å²) in [5.41, 5.74) is -0.0444. The van der Waals surface area contributed by atoms with Gasteiger partial charge in [0.1, 0.15) is 6.07 Å². The van der Waals surface area contributed by atoms with E-state index in [4.69, 9.17) is 10.00 Å². The number of carbonyl (C=O) groups is 1. The number of rotatable bonds is 7. The molecule has 17 heavy (non-hydrogen) atoms. The number of likely N-dealkylation sites (N-methyl/N-ethyl adjacent to an activating group) is 1. The fourth-order valence-electron chi connectivity index (χ4n) is 1.19. The Hall–Kier alpha value is -1.54. The third-order valence-electron chi connectivity index (χ3n) is 2.25. The van der Waals surface area contributed by atoms with E-state index in [1.54, 1.807) is 17.9 Å². The average Bonchev–Trinajstić information content (AvgIpc) is 2.34. The second-order valence-corrected chi connectivity index (χ2v) is 3.52. The molecule has 0 aromatic heterocycles. The standard InChI is InChI=1S/C12H20N2O3/c1-4-11(15)9-14(5-2)8-10(7-13)12(16)17-6-3/h8,11,15H,4-6,9H2,1-3H3/b10-8+/t11-/m1/s1. The largest absolute Gasteiger partial charge is 0.462 e. The molecule has 0 radical (unpaired) electrons. The summed E-state index contributed by atoms with van der Waals surface area (Å²) in [6.07, 6.45) is 1.61. The first-order valence-electron chi connectivity index (χ1n) is 5.80. The van der Waals surface area contributed by atoms with Crippen molar-refractivity contribution in [1.82, 2.24) is 4.90 Å². The fourth-order valence-corrected chi connectivity index (χ4v) is 1.19. The molecular weight excluding hydrogens is 220 g/mol. The Kier molecular flexibility index (Phi) is 7.82. The molecule has 5 nitrogen and oxygen atoms in total. The molecule has 5 heteroatoms.